The fourth-order valence-electron chi connectivity index (χ4n) is 1.90. The number of nitrogens with zero attached hydrogens (tertiary/aromatic N) is 4. The van der Waals surface area contributed by atoms with Crippen molar-refractivity contribution in [3.63, 3.8) is 0 Å². The lowest BCUT2D eigenvalue weighted by atomic mass is 10.3. The number of carbonyl (C=O) groups excluding carboxylic acids is 1. The average molecular weight is 283 g/mol. The van der Waals surface area contributed by atoms with Gasteiger partial charge in [0.1, 0.15) is 6.20 Å². The molecule has 1 amide bonds. The summed E-state index contributed by atoms with van der Waals surface area (Å²) in [6.07, 6.45) is 2.03. The molecule has 1 N–H and O–H groups in total. The highest BCUT2D eigenvalue weighted by molar-refractivity contribution is 5.95. The van der Waals surface area contributed by atoms with Gasteiger partial charge in [-0.1, -0.05) is 13.8 Å². The van der Waals surface area contributed by atoms with Crippen LogP contribution in [0, 0.1) is 10.1 Å². The second-order valence-electron chi connectivity index (χ2n) is 4.43. The van der Waals surface area contributed by atoms with Crippen LogP contribution in [0.15, 0.2) is 6.20 Å². The third kappa shape index (κ3) is 4.30. The van der Waals surface area contributed by atoms with Crippen LogP contribution in [0.4, 0.5) is 5.69 Å². The summed E-state index contributed by atoms with van der Waals surface area (Å²) in [7, 11) is 1.55. The number of aryl methyl sites for hydroxylation is 1. The van der Waals surface area contributed by atoms with Crippen LogP contribution >= 0.6 is 0 Å². The molecule has 0 radical (unpaired) electrons. The summed E-state index contributed by atoms with van der Waals surface area (Å²) in [4.78, 5) is 24.3. The summed E-state index contributed by atoms with van der Waals surface area (Å²) in [5.41, 5.74) is -0.408. The maximum Gasteiger partial charge on any atom is 0.320 e. The topological polar surface area (TPSA) is 93.3 Å². The number of nitrogens with one attached hydrogen (secondary N) is 1. The van der Waals surface area contributed by atoms with Gasteiger partial charge in [-0.05, 0) is 26.1 Å². The highest BCUT2D eigenvalue weighted by atomic mass is 16.6. The largest absolute Gasteiger partial charge is 0.350 e. The molecule has 0 saturated carbocycles. The van der Waals surface area contributed by atoms with Crippen LogP contribution in [0.2, 0.25) is 0 Å². The van der Waals surface area contributed by atoms with Gasteiger partial charge in [-0.3, -0.25) is 19.6 Å². The first-order valence-corrected chi connectivity index (χ1v) is 6.68. The van der Waals surface area contributed by atoms with E-state index in [2.05, 4.69) is 29.2 Å². The predicted octanol–water partition coefficient (Wildman–Crippen LogP) is 0.790. The standard InChI is InChI=1S/C12H21N5O3/c1-4-16(5-2)8-6-7-13-12(18)11-10(17(19)20)9-15(3)14-11/h9H,4-8H2,1-3H3,(H,13,18). The molecule has 1 heterocycles. The molecule has 0 aromatic carbocycles. The van der Waals surface area contributed by atoms with E-state index in [1.54, 1.807) is 7.05 Å². The number of nitro groups is 1. The number of aromatic nitrogens is 2. The number of carbonyl (C=O) groups is 1. The number of hydrogen-bond donors (Lipinski definition) is 1. The molecule has 0 aliphatic carbocycles. The maximum absolute atomic E-state index is 11.9. The molecule has 0 unspecified atom stereocenters. The van der Waals surface area contributed by atoms with Crippen LogP contribution in [0.5, 0.6) is 0 Å². The van der Waals surface area contributed by atoms with E-state index in [0.29, 0.717) is 6.54 Å². The SMILES string of the molecule is CCN(CC)CCCNC(=O)c1nn(C)cc1[N+](=O)[O-]. The Morgan fingerprint density at radius 3 is 2.70 bits per heavy atom. The fraction of sp³-hybridized carbons (Fsp3) is 0.667. The summed E-state index contributed by atoms with van der Waals surface area (Å²) in [5.74, 6) is -0.503. The molecule has 0 aliphatic rings. The van der Waals surface area contributed by atoms with Crippen molar-refractivity contribution in [3.8, 4) is 0 Å². The zero-order chi connectivity index (χ0) is 15.1. The molecule has 0 aliphatic heterocycles. The smallest absolute Gasteiger partial charge is 0.320 e. The molecule has 1 aromatic heterocycles. The minimum Gasteiger partial charge on any atom is -0.350 e. The molecule has 0 atom stereocenters. The molecular formula is C12H21N5O3. The normalized spacial score (nSPS) is 10.8. The van der Waals surface area contributed by atoms with Crippen LogP contribution in [0.25, 0.3) is 0 Å². The quantitative estimate of drug-likeness (QED) is 0.432. The van der Waals surface area contributed by atoms with E-state index in [0.717, 1.165) is 26.1 Å². The highest BCUT2D eigenvalue weighted by Gasteiger charge is 2.24. The molecule has 0 fully saturated rings. The fourth-order valence-corrected chi connectivity index (χ4v) is 1.90. The van der Waals surface area contributed by atoms with Crippen molar-refractivity contribution in [2.45, 2.75) is 20.3 Å². The van der Waals surface area contributed by atoms with Gasteiger partial charge in [-0.2, -0.15) is 5.10 Å². The van der Waals surface area contributed by atoms with Crippen LogP contribution in [0.1, 0.15) is 30.8 Å². The second-order valence-corrected chi connectivity index (χ2v) is 4.43. The third-order valence-corrected chi connectivity index (χ3v) is 3.05. The predicted molar refractivity (Wildman–Crippen MR) is 74.6 cm³/mol. The van der Waals surface area contributed by atoms with Crippen molar-refractivity contribution in [3.05, 3.63) is 22.0 Å². The summed E-state index contributed by atoms with van der Waals surface area (Å²) in [6, 6.07) is 0. The van der Waals surface area contributed by atoms with E-state index >= 15 is 0 Å². The third-order valence-electron chi connectivity index (χ3n) is 3.05. The van der Waals surface area contributed by atoms with Gasteiger partial charge >= 0.3 is 5.69 Å². The van der Waals surface area contributed by atoms with Crippen molar-refractivity contribution in [2.75, 3.05) is 26.2 Å². The lowest BCUT2D eigenvalue weighted by molar-refractivity contribution is -0.385. The summed E-state index contributed by atoms with van der Waals surface area (Å²) in [5, 5.41) is 17.3. The summed E-state index contributed by atoms with van der Waals surface area (Å²) in [6.45, 7) is 7.46. The highest BCUT2D eigenvalue weighted by Crippen LogP contribution is 2.15. The Morgan fingerprint density at radius 1 is 1.50 bits per heavy atom. The Hall–Kier alpha value is -1.96. The van der Waals surface area contributed by atoms with Crippen molar-refractivity contribution < 1.29 is 9.72 Å². The molecule has 0 saturated heterocycles. The van der Waals surface area contributed by atoms with Gasteiger partial charge in [0, 0.05) is 13.6 Å². The minimum atomic E-state index is -0.599. The number of hydrogen-bond acceptors (Lipinski definition) is 5. The van der Waals surface area contributed by atoms with E-state index in [9.17, 15) is 14.9 Å². The van der Waals surface area contributed by atoms with Gasteiger partial charge in [0.05, 0.1) is 4.92 Å². The van der Waals surface area contributed by atoms with Crippen molar-refractivity contribution >= 4 is 11.6 Å². The zero-order valence-electron chi connectivity index (χ0n) is 12.1. The van der Waals surface area contributed by atoms with Crippen LogP contribution in [-0.4, -0.2) is 51.7 Å². The first-order valence-electron chi connectivity index (χ1n) is 6.68. The molecule has 8 heteroatoms. The summed E-state index contributed by atoms with van der Waals surface area (Å²) >= 11 is 0. The van der Waals surface area contributed by atoms with E-state index in [1.807, 2.05) is 0 Å². The second kappa shape index (κ2) is 7.59. The molecule has 1 rings (SSSR count). The molecular weight excluding hydrogens is 262 g/mol. The lowest BCUT2D eigenvalue weighted by Gasteiger charge is -2.17. The van der Waals surface area contributed by atoms with Crippen LogP contribution in [0.3, 0.4) is 0 Å². The Morgan fingerprint density at radius 2 is 2.15 bits per heavy atom. The van der Waals surface area contributed by atoms with Crippen molar-refractivity contribution in [1.82, 2.24) is 20.0 Å². The molecule has 0 spiro atoms. The van der Waals surface area contributed by atoms with Crippen molar-refractivity contribution in [1.29, 1.82) is 0 Å². The Balaban J connectivity index is 2.49. The van der Waals surface area contributed by atoms with Gasteiger partial charge in [0.25, 0.3) is 5.91 Å². The van der Waals surface area contributed by atoms with E-state index < -0.39 is 10.8 Å². The first-order chi connectivity index (χ1) is 9.49. The maximum atomic E-state index is 11.9. The van der Waals surface area contributed by atoms with Gasteiger partial charge in [0.2, 0.25) is 5.69 Å². The molecule has 1 aromatic rings. The lowest BCUT2D eigenvalue weighted by Crippen LogP contribution is -2.30. The number of amides is 1. The van der Waals surface area contributed by atoms with E-state index in [4.69, 9.17) is 0 Å². The van der Waals surface area contributed by atoms with Crippen LogP contribution < -0.4 is 5.32 Å². The number of rotatable bonds is 8. The molecule has 112 valence electrons. The molecule has 8 nitrogen and oxygen atoms in total. The Bertz CT molecular complexity index is 468. The minimum absolute atomic E-state index is 0.139. The first kappa shape index (κ1) is 16.1. The zero-order valence-corrected chi connectivity index (χ0v) is 12.1. The van der Waals surface area contributed by atoms with Gasteiger partial charge in [-0.25, -0.2) is 0 Å². The molecule has 20 heavy (non-hydrogen) atoms. The van der Waals surface area contributed by atoms with E-state index in [1.165, 1.54) is 10.9 Å². The monoisotopic (exact) mass is 283 g/mol. The van der Waals surface area contributed by atoms with E-state index in [-0.39, 0.29) is 11.4 Å². The summed E-state index contributed by atoms with van der Waals surface area (Å²) < 4.78 is 1.27. The van der Waals surface area contributed by atoms with Gasteiger partial charge < -0.3 is 10.2 Å². The average Bonchev–Trinajstić information content (AvgIpc) is 2.81. The van der Waals surface area contributed by atoms with Crippen LogP contribution in [-0.2, 0) is 7.05 Å². The van der Waals surface area contributed by atoms with Gasteiger partial charge in [0.15, 0.2) is 0 Å². The Kier molecular flexibility index (Phi) is 6.10. The van der Waals surface area contributed by atoms with Gasteiger partial charge in [-0.15, -0.1) is 0 Å². The Labute approximate surface area is 117 Å². The molecule has 0 bridgehead atoms. The van der Waals surface area contributed by atoms with Crippen molar-refractivity contribution in [2.24, 2.45) is 7.05 Å².